The maximum absolute atomic E-state index is 12.4. The van der Waals surface area contributed by atoms with Gasteiger partial charge in [0.2, 0.25) is 0 Å². The smallest absolute Gasteiger partial charge is 0.308 e. The van der Waals surface area contributed by atoms with Crippen LogP contribution in [0.2, 0.25) is 0 Å². The molecule has 0 unspecified atom stereocenters. The van der Waals surface area contributed by atoms with E-state index in [1.54, 1.807) is 19.2 Å². The third-order valence-corrected chi connectivity index (χ3v) is 5.63. The number of hydrogen-bond acceptors (Lipinski definition) is 6. The molecule has 0 atom stereocenters. The first-order chi connectivity index (χ1) is 8.44. The van der Waals surface area contributed by atoms with Crippen molar-refractivity contribution in [2.24, 2.45) is 0 Å². The highest BCUT2D eigenvalue weighted by Gasteiger charge is 2.30. The van der Waals surface area contributed by atoms with Crippen molar-refractivity contribution < 1.29 is 13.6 Å². The molecule has 0 aliphatic heterocycles. The molecule has 0 aliphatic carbocycles. The molecule has 0 amide bonds. The summed E-state index contributed by atoms with van der Waals surface area (Å²) < 4.78 is 23.5. The van der Waals surface area contributed by atoms with E-state index in [9.17, 15) is 9.36 Å². The average molecular weight is 288 g/mol. The van der Waals surface area contributed by atoms with Crippen LogP contribution in [0.3, 0.4) is 0 Å². The van der Waals surface area contributed by atoms with Crippen LogP contribution < -0.4 is 11.0 Å². The third kappa shape index (κ3) is 1.83. The molecular formula is C10H13N2O4PS. The Morgan fingerprint density at radius 2 is 1.94 bits per heavy atom. The number of thiazole rings is 1. The fourth-order valence-corrected chi connectivity index (χ4v) is 4.06. The average Bonchev–Trinajstić information content (AvgIpc) is 2.79. The Labute approximate surface area is 108 Å². The molecule has 2 aromatic rings. The summed E-state index contributed by atoms with van der Waals surface area (Å²) in [6.45, 7) is 3.45. The summed E-state index contributed by atoms with van der Waals surface area (Å²) in [6.07, 6.45) is 0. The molecule has 0 aromatic carbocycles. The molecule has 0 fully saturated rings. The van der Waals surface area contributed by atoms with Crippen molar-refractivity contribution in [3.8, 4) is 0 Å². The predicted octanol–water partition coefficient (Wildman–Crippen LogP) is 1.48. The van der Waals surface area contributed by atoms with Gasteiger partial charge in [-0.3, -0.25) is 9.36 Å². The molecule has 8 heteroatoms. The summed E-state index contributed by atoms with van der Waals surface area (Å²) in [7, 11) is -0.890. The Morgan fingerprint density at radius 3 is 2.50 bits per heavy atom. The molecule has 0 bridgehead atoms. The van der Waals surface area contributed by atoms with Crippen LogP contribution in [0.1, 0.15) is 11.3 Å². The molecule has 0 saturated carbocycles. The Bertz CT molecular complexity index is 698. The summed E-state index contributed by atoms with van der Waals surface area (Å²) in [6, 6.07) is 0. The van der Waals surface area contributed by atoms with Gasteiger partial charge in [0.1, 0.15) is 0 Å². The van der Waals surface area contributed by atoms with Crippen LogP contribution in [0.4, 0.5) is 0 Å². The first-order valence-corrected chi connectivity index (χ1v) is 7.56. The third-order valence-electron chi connectivity index (χ3n) is 2.78. The molecule has 6 nitrogen and oxygen atoms in total. The van der Waals surface area contributed by atoms with Crippen molar-refractivity contribution in [2.45, 2.75) is 13.8 Å². The standard InChI is InChI=1S/C10H13N2O4PS/c1-6-7(2)11-10-12(9(6)13)8(5-18-10)17(14,15-3)16-4/h5H,1-4H3. The number of aryl methyl sites for hydroxylation is 1. The maximum atomic E-state index is 12.4. The Balaban J connectivity index is 2.88. The summed E-state index contributed by atoms with van der Waals surface area (Å²) in [5.41, 5.74) is 1.15. The molecule has 2 rings (SSSR count). The van der Waals surface area contributed by atoms with Crippen LogP contribution in [0, 0.1) is 13.8 Å². The van der Waals surface area contributed by atoms with Crippen molar-refractivity contribution in [2.75, 3.05) is 14.2 Å². The van der Waals surface area contributed by atoms with Gasteiger partial charge in [0.25, 0.3) is 5.56 Å². The molecule has 2 aromatic heterocycles. The number of hydrogen-bond donors (Lipinski definition) is 0. The topological polar surface area (TPSA) is 69.9 Å². The van der Waals surface area contributed by atoms with E-state index >= 15 is 0 Å². The van der Waals surface area contributed by atoms with E-state index in [0.717, 1.165) is 0 Å². The van der Waals surface area contributed by atoms with Crippen LogP contribution in [0.5, 0.6) is 0 Å². The zero-order chi connectivity index (χ0) is 13.5. The van der Waals surface area contributed by atoms with Gasteiger partial charge in [-0.25, -0.2) is 9.38 Å². The van der Waals surface area contributed by atoms with Crippen LogP contribution in [-0.2, 0) is 13.6 Å². The van der Waals surface area contributed by atoms with Crippen molar-refractivity contribution in [1.82, 2.24) is 9.38 Å². The van der Waals surface area contributed by atoms with Gasteiger partial charge in [0, 0.05) is 30.9 Å². The van der Waals surface area contributed by atoms with E-state index in [0.29, 0.717) is 16.2 Å². The molecule has 2 heterocycles. The van der Waals surface area contributed by atoms with Crippen LogP contribution in [0.15, 0.2) is 10.2 Å². The second-order valence-corrected chi connectivity index (χ2v) is 6.72. The summed E-state index contributed by atoms with van der Waals surface area (Å²) in [5.74, 6) is 0. The van der Waals surface area contributed by atoms with Gasteiger partial charge in [-0.05, 0) is 13.8 Å². The lowest BCUT2D eigenvalue weighted by Gasteiger charge is -2.12. The van der Waals surface area contributed by atoms with Gasteiger partial charge in [-0.1, -0.05) is 0 Å². The highest BCUT2D eigenvalue weighted by atomic mass is 32.1. The molecule has 0 spiro atoms. The van der Waals surface area contributed by atoms with E-state index in [-0.39, 0.29) is 11.0 Å². The van der Waals surface area contributed by atoms with E-state index in [1.165, 1.54) is 30.0 Å². The molecule has 98 valence electrons. The number of rotatable bonds is 3. The van der Waals surface area contributed by atoms with Crippen LogP contribution in [-0.4, -0.2) is 23.6 Å². The molecule has 0 aliphatic rings. The quantitative estimate of drug-likeness (QED) is 0.800. The normalized spacial score (nSPS) is 12.2. The van der Waals surface area contributed by atoms with E-state index < -0.39 is 7.60 Å². The van der Waals surface area contributed by atoms with Gasteiger partial charge in [-0.15, -0.1) is 11.3 Å². The Hall–Kier alpha value is -1.01. The van der Waals surface area contributed by atoms with E-state index in [1.807, 2.05) is 0 Å². The van der Waals surface area contributed by atoms with Crippen LogP contribution in [0.25, 0.3) is 4.96 Å². The molecule has 0 N–H and O–H groups in total. The zero-order valence-corrected chi connectivity index (χ0v) is 12.2. The Morgan fingerprint density at radius 1 is 1.33 bits per heavy atom. The highest BCUT2D eigenvalue weighted by molar-refractivity contribution is 7.62. The second kappa shape index (κ2) is 4.59. The summed E-state index contributed by atoms with van der Waals surface area (Å²) in [4.78, 5) is 17.0. The van der Waals surface area contributed by atoms with Gasteiger partial charge >= 0.3 is 7.60 Å². The van der Waals surface area contributed by atoms with Crippen molar-refractivity contribution in [3.63, 3.8) is 0 Å². The largest absolute Gasteiger partial charge is 0.378 e. The first-order valence-electron chi connectivity index (χ1n) is 5.14. The molecular weight excluding hydrogens is 275 g/mol. The van der Waals surface area contributed by atoms with Gasteiger partial charge < -0.3 is 9.05 Å². The minimum atomic E-state index is -3.46. The van der Waals surface area contributed by atoms with Gasteiger partial charge in [-0.2, -0.15) is 0 Å². The van der Waals surface area contributed by atoms with Gasteiger partial charge in [0.05, 0.1) is 0 Å². The molecule has 18 heavy (non-hydrogen) atoms. The summed E-state index contributed by atoms with van der Waals surface area (Å²) in [5, 5.41) is 1.58. The number of fused-ring (bicyclic) bond motifs is 1. The zero-order valence-electron chi connectivity index (χ0n) is 10.5. The van der Waals surface area contributed by atoms with Gasteiger partial charge in [0.15, 0.2) is 10.4 Å². The lowest BCUT2D eigenvalue weighted by molar-refractivity contribution is 0.286. The SMILES string of the molecule is COP(=O)(OC)c1csc2nc(C)c(C)c(=O)n12. The fraction of sp³-hybridized carbons (Fsp3) is 0.400. The Kier molecular flexibility index (Phi) is 3.42. The monoisotopic (exact) mass is 288 g/mol. The van der Waals surface area contributed by atoms with Crippen molar-refractivity contribution >= 4 is 29.3 Å². The second-order valence-electron chi connectivity index (χ2n) is 3.70. The highest BCUT2D eigenvalue weighted by Crippen LogP contribution is 2.45. The van der Waals surface area contributed by atoms with E-state index in [4.69, 9.17) is 9.05 Å². The number of aromatic nitrogens is 2. The molecule has 0 radical (unpaired) electrons. The molecule has 0 saturated heterocycles. The fourth-order valence-electron chi connectivity index (χ4n) is 1.57. The first kappa shape index (κ1) is 13.4. The summed E-state index contributed by atoms with van der Waals surface area (Å²) >= 11 is 1.23. The minimum absolute atomic E-state index is 0.216. The van der Waals surface area contributed by atoms with Crippen LogP contribution >= 0.6 is 18.9 Å². The van der Waals surface area contributed by atoms with Crippen molar-refractivity contribution in [1.29, 1.82) is 0 Å². The lowest BCUT2D eigenvalue weighted by Crippen LogP contribution is -2.27. The van der Waals surface area contributed by atoms with Crippen molar-refractivity contribution in [3.05, 3.63) is 27.0 Å². The lowest BCUT2D eigenvalue weighted by atomic mass is 10.3. The number of nitrogens with zero attached hydrogens (tertiary/aromatic N) is 2. The minimum Gasteiger partial charge on any atom is -0.308 e. The predicted molar refractivity (Wildman–Crippen MR) is 70.1 cm³/mol. The van der Waals surface area contributed by atoms with E-state index in [2.05, 4.69) is 4.98 Å². The maximum Gasteiger partial charge on any atom is 0.378 e.